The summed E-state index contributed by atoms with van der Waals surface area (Å²) in [5, 5.41) is 0. The van der Waals surface area contributed by atoms with Crippen LogP contribution in [0.3, 0.4) is 0 Å². The first-order valence-electron chi connectivity index (χ1n) is 7.08. The second kappa shape index (κ2) is 7.40. The van der Waals surface area contributed by atoms with E-state index in [9.17, 15) is 19.2 Å². The van der Waals surface area contributed by atoms with Crippen molar-refractivity contribution in [2.24, 2.45) is 0 Å². The second-order valence-corrected chi connectivity index (χ2v) is 4.96. The number of aromatic amines is 1. The summed E-state index contributed by atoms with van der Waals surface area (Å²) in [7, 11) is 1.51. The molecule has 0 saturated carbocycles. The largest absolute Gasteiger partial charge is 0.497 e. The maximum atomic E-state index is 12.2. The Morgan fingerprint density at radius 2 is 1.83 bits per heavy atom. The molecule has 2 rings (SSSR count). The Morgan fingerprint density at radius 1 is 1.17 bits per heavy atom. The van der Waals surface area contributed by atoms with Gasteiger partial charge < -0.3 is 9.47 Å². The number of nitrogens with zero attached hydrogens (tertiary/aromatic N) is 1. The lowest BCUT2D eigenvalue weighted by Gasteiger charge is -2.13. The lowest BCUT2D eigenvalue weighted by molar-refractivity contribution is -0.147. The summed E-state index contributed by atoms with van der Waals surface area (Å²) in [6.45, 7) is 1.04. The number of hydrogen-bond donors (Lipinski definition) is 1. The Labute approximate surface area is 136 Å². The summed E-state index contributed by atoms with van der Waals surface area (Å²) in [6, 6.07) is 7.50. The molecule has 0 bridgehead atoms. The molecule has 0 unspecified atom stereocenters. The molecule has 0 radical (unpaired) electrons. The molecule has 0 aliphatic rings. The van der Waals surface area contributed by atoms with Gasteiger partial charge in [-0.3, -0.25) is 23.9 Å². The molecule has 126 valence electrons. The number of hydrogen-bond acceptors (Lipinski definition) is 6. The monoisotopic (exact) mass is 332 g/mol. The van der Waals surface area contributed by atoms with Crippen LogP contribution in [0.15, 0.2) is 46.1 Å². The molecule has 0 aliphatic carbocycles. The SMILES string of the molecule is COc1ccc(C(=O)[C@@H](C)OC(=O)Cn2ccc(=O)[nH]c2=O)cc1. The lowest BCUT2D eigenvalue weighted by atomic mass is 10.1. The van der Waals surface area contributed by atoms with E-state index in [0.717, 1.165) is 10.6 Å². The Kier molecular flexibility index (Phi) is 5.31. The molecule has 1 aromatic carbocycles. The van der Waals surface area contributed by atoms with Crippen LogP contribution in [0.4, 0.5) is 0 Å². The van der Waals surface area contributed by atoms with Gasteiger partial charge in [0, 0.05) is 17.8 Å². The molecule has 8 heteroatoms. The lowest BCUT2D eigenvalue weighted by Crippen LogP contribution is -2.33. The Balaban J connectivity index is 2.00. The van der Waals surface area contributed by atoms with Gasteiger partial charge in [-0.1, -0.05) is 0 Å². The van der Waals surface area contributed by atoms with E-state index in [-0.39, 0.29) is 5.78 Å². The van der Waals surface area contributed by atoms with Crippen molar-refractivity contribution in [3.8, 4) is 5.75 Å². The number of ketones is 1. The number of carbonyl (C=O) groups is 2. The molecule has 1 aromatic heterocycles. The van der Waals surface area contributed by atoms with E-state index < -0.39 is 29.9 Å². The molecule has 8 nitrogen and oxygen atoms in total. The molecule has 1 heterocycles. The number of H-pyrrole nitrogens is 1. The van der Waals surface area contributed by atoms with E-state index >= 15 is 0 Å². The fourth-order valence-corrected chi connectivity index (χ4v) is 1.99. The summed E-state index contributed by atoms with van der Waals surface area (Å²) in [5.74, 6) is -0.535. The van der Waals surface area contributed by atoms with Crippen LogP contribution < -0.4 is 16.0 Å². The summed E-state index contributed by atoms with van der Waals surface area (Å²) in [4.78, 5) is 48.5. The van der Waals surface area contributed by atoms with Gasteiger partial charge >= 0.3 is 11.7 Å². The fourth-order valence-electron chi connectivity index (χ4n) is 1.99. The zero-order valence-corrected chi connectivity index (χ0v) is 13.1. The molecular formula is C16H16N2O6. The van der Waals surface area contributed by atoms with Crippen molar-refractivity contribution in [1.29, 1.82) is 0 Å². The highest BCUT2D eigenvalue weighted by atomic mass is 16.5. The summed E-state index contributed by atoms with van der Waals surface area (Å²) >= 11 is 0. The van der Waals surface area contributed by atoms with Crippen LogP contribution in [0.5, 0.6) is 5.75 Å². The van der Waals surface area contributed by atoms with E-state index in [4.69, 9.17) is 9.47 Å². The zero-order valence-electron chi connectivity index (χ0n) is 13.1. The van der Waals surface area contributed by atoms with E-state index in [1.165, 1.54) is 20.2 Å². The molecule has 0 saturated heterocycles. The third kappa shape index (κ3) is 4.19. The number of Topliss-reactive ketones (excluding diaryl/α,β-unsaturated/α-hetero) is 1. The average molecular weight is 332 g/mol. The van der Waals surface area contributed by atoms with Crippen LogP contribution in [0.1, 0.15) is 17.3 Å². The van der Waals surface area contributed by atoms with Crippen molar-refractivity contribution in [3.05, 3.63) is 62.9 Å². The first-order valence-corrected chi connectivity index (χ1v) is 7.08. The average Bonchev–Trinajstić information content (AvgIpc) is 2.56. The Morgan fingerprint density at radius 3 is 2.42 bits per heavy atom. The van der Waals surface area contributed by atoms with Crippen molar-refractivity contribution < 1.29 is 19.1 Å². The van der Waals surface area contributed by atoms with Gasteiger partial charge in [0.25, 0.3) is 5.56 Å². The predicted octanol–water partition coefficient (Wildman–Crippen LogP) is 0.360. The second-order valence-electron chi connectivity index (χ2n) is 4.96. The maximum Gasteiger partial charge on any atom is 0.328 e. The van der Waals surface area contributed by atoms with Crippen molar-refractivity contribution in [2.45, 2.75) is 19.6 Å². The molecular weight excluding hydrogens is 316 g/mol. The highest BCUT2D eigenvalue weighted by Gasteiger charge is 2.20. The van der Waals surface area contributed by atoms with Crippen LogP contribution >= 0.6 is 0 Å². The van der Waals surface area contributed by atoms with Gasteiger partial charge in [0.15, 0.2) is 6.10 Å². The third-order valence-electron chi connectivity index (χ3n) is 3.25. The van der Waals surface area contributed by atoms with Gasteiger partial charge in [-0.25, -0.2) is 4.79 Å². The summed E-state index contributed by atoms with van der Waals surface area (Å²) in [6.07, 6.45) is 0.169. The van der Waals surface area contributed by atoms with Gasteiger partial charge in [-0.15, -0.1) is 0 Å². The molecule has 0 fully saturated rings. The standard InChI is InChI=1S/C16H16N2O6/c1-10(15(21)11-3-5-12(23-2)6-4-11)24-14(20)9-18-8-7-13(19)17-16(18)22/h3-8,10H,9H2,1-2H3,(H,17,19,22)/t10-/m1/s1. The third-order valence-corrected chi connectivity index (χ3v) is 3.25. The van der Waals surface area contributed by atoms with Crippen LogP contribution in [-0.2, 0) is 16.1 Å². The zero-order chi connectivity index (χ0) is 17.7. The summed E-state index contributed by atoms with van der Waals surface area (Å²) in [5.41, 5.74) is -0.918. The topological polar surface area (TPSA) is 107 Å². The van der Waals surface area contributed by atoms with E-state index in [0.29, 0.717) is 11.3 Å². The molecule has 1 atom stereocenters. The van der Waals surface area contributed by atoms with Gasteiger partial charge in [0.2, 0.25) is 5.78 Å². The van der Waals surface area contributed by atoms with Gasteiger partial charge in [-0.2, -0.15) is 0 Å². The number of rotatable bonds is 6. The van der Waals surface area contributed by atoms with Crippen LogP contribution in [0.25, 0.3) is 0 Å². The quantitative estimate of drug-likeness (QED) is 0.604. The minimum Gasteiger partial charge on any atom is -0.497 e. The number of nitrogens with one attached hydrogen (secondary N) is 1. The van der Waals surface area contributed by atoms with Crippen LogP contribution in [0.2, 0.25) is 0 Å². The van der Waals surface area contributed by atoms with E-state index in [2.05, 4.69) is 0 Å². The van der Waals surface area contributed by atoms with Gasteiger partial charge in [0.05, 0.1) is 7.11 Å². The molecule has 0 aliphatic heterocycles. The van der Waals surface area contributed by atoms with Crippen LogP contribution in [-0.4, -0.2) is 34.5 Å². The number of carbonyl (C=O) groups excluding carboxylic acids is 2. The number of benzene rings is 1. The number of aromatic nitrogens is 2. The normalized spacial score (nSPS) is 11.6. The van der Waals surface area contributed by atoms with Crippen molar-refractivity contribution >= 4 is 11.8 Å². The minimum atomic E-state index is -1.01. The highest BCUT2D eigenvalue weighted by Crippen LogP contribution is 2.13. The molecule has 24 heavy (non-hydrogen) atoms. The van der Waals surface area contributed by atoms with Crippen molar-refractivity contribution in [1.82, 2.24) is 9.55 Å². The predicted molar refractivity (Wildman–Crippen MR) is 84.2 cm³/mol. The first-order chi connectivity index (χ1) is 11.4. The van der Waals surface area contributed by atoms with E-state index in [1.807, 2.05) is 4.98 Å². The van der Waals surface area contributed by atoms with Crippen molar-refractivity contribution in [3.63, 3.8) is 0 Å². The van der Waals surface area contributed by atoms with Gasteiger partial charge in [0.1, 0.15) is 12.3 Å². The minimum absolute atomic E-state index is 0.373. The Hall–Kier alpha value is -3.16. The molecule has 1 N–H and O–H groups in total. The molecule has 0 spiro atoms. The Bertz CT molecular complexity index is 850. The first kappa shape index (κ1) is 17.2. The molecule has 2 aromatic rings. The smallest absolute Gasteiger partial charge is 0.328 e. The van der Waals surface area contributed by atoms with E-state index in [1.54, 1.807) is 24.3 Å². The van der Waals surface area contributed by atoms with Crippen molar-refractivity contribution in [2.75, 3.05) is 7.11 Å². The number of methoxy groups -OCH3 is 1. The number of esters is 1. The fraction of sp³-hybridized carbons (Fsp3) is 0.250. The van der Waals surface area contributed by atoms with Crippen LogP contribution in [0, 0.1) is 0 Å². The molecule has 0 amide bonds. The number of ether oxygens (including phenoxy) is 2. The maximum absolute atomic E-state index is 12.2. The highest BCUT2D eigenvalue weighted by molar-refractivity contribution is 6.00. The van der Waals surface area contributed by atoms with Gasteiger partial charge in [-0.05, 0) is 31.2 Å². The summed E-state index contributed by atoms with van der Waals surface area (Å²) < 4.78 is 11.0.